The molecule has 1 aliphatic rings. The molecule has 0 spiro atoms. The maximum absolute atomic E-state index is 11.3. The molecule has 0 saturated carbocycles. The number of hydrogen-bond acceptors (Lipinski definition) is 2. The normalized spacial score (nSPS) is 14.9. The summed E-state index contributed by atoms with van der Waals surface area (Å²) in [7, 11) is 0. The lowest BCUT2D eigenvalue weighted by Gasteiger charge is -2.29. The maximum atomic E-state index is 11.3. The van der Waals surface area contributed by atoms with Crippen LogP contribution in [0.3, 0.4) is 0 Å². The first-order valence-corrected chi connectivity index (χ1v) is 5.27. The summed E-state index contributed by atoms with van der Waals surface area (Å²) >= 11 is 0. The van der Waals surface area contributed by atoms with E-state index < -0.39 is 0 Å². The Bertz CT molecular complexity index is 373. The third-order valence-electron chi connectivity index (χ3n) is 3.04. The molecular weight excluding hydrogens is 188 g/mol. The van der Waals surface area contributed by atoms with E-state index in [2.05, 4.69) is 6.07 Å². The predicted molar refractivity (Wildman–Crippen MR) is 59.1 cm³/mol. The lowest BCUT2D eigenvalue weighted by molar-refractivity contribution is -0.129. The third kappa shape index (κ3) is 1.88. The first kappa shape index (κ1) is 10.2. The number of carbonyl (C=O) groups excluding carboxylic acids is 1. The van der Waals surface area contributed by atoms with Gasteiger partial charge in [0.05, 0.1) is 0 Å². The average molecular weight is 204 g/mol. The highest BCUT2D eigenvalue weighted by Gasteiger charge is 2.19. The van der Waals surface area contributed by atoms with Crippen molar-refractivity contribution in [1.82, 2.24) is 4.90 Å². The molecule has 1 heterocycles. The van der Waals surface area contributed by atoms with Crippen molar-refractivity contribution in [3.63, 3.8) is 0 Å². The number of nitrogens with zero attached hydrogens (tertiary/aromatic N) is 1. The van der Waals surface area contributed by atoms with Gasteiger partial charge in [0.1, 0.15) is 0 Å². The van der Waals surface area contributed by atoms with E-state index in [1.54, 1.807) is 6.92 Å². The number of carbonyl (C=O) groups is 1. The molecule has 0 unspecified atom stereocenters. The average Bonchev–Trinajstić information content (AvgIpc) is 2.27. The summed E-state index contributed by atoms with van der Waals surface area (Å²) in [5, 5.41) is 0. The fourth-order valence-electron chi connectivity index (χ4n) is 2.11. The second kappa shape index (κ2) is 4.03. The Morgan fingerprint density at radius 2 is 2.33 bits per heavy atom. The van der Waals surface area contributed by atoms with E-state index in [4.69, 9.17) is 5.73 Å². The van der Waals surface area contributed by atoms with Crippen molar-refractivity contribution >= 4 is 5.91 Å². The minimum atomic E-state index is 0.146. The van der Waals surface area contributed by atoms with Gasteiger partial charge in [-0.05, 0) is 23.1 Å². The lowest BCUT2D eigenvalue weighted by atomic mass is 9.95. The summed E-state index contributed by atoms with van der Waals surface area (Å²) in [4.78, 5) is 13.2. The van der Waals surface area contributed by atoms with E-state index in [-0.39, 0.29) is 5.91 Å². The van der Waals surface area contributed by atoms with Crippen molar-refractivity contribution in [3.8, 4) is 0 Å². The van der Waals surface area contributed by atoms with Crippen LogP contribution in [0.4, 0.5) is 0 Å². The van der Waals surface area contributed by atoms with E-state index in [1.807, 2.05) is 17.0 Å². The van der Waals surface area contributed by atoms with Gasteiger partial charge < -0.3 is 10.6 Å². The van der Waals surface area contributed by atoms with E-state index in [1.165, 1.54) is 16.7 Å². The molecule has 0 saturated heterocycles. The highest BCUT2D eigenvalue weighted by atomic mass is 16.2. The second-order valence-corrected chi connectivity index (χ2v) is 3.95. The van der Waals surface area contributed by atoms with Gasteiger partial charge in [-0.2, -0.15) is 0 Å². The van der Waals surface area contributed by atoms with Crippen LogP contribution >= 0.6 is 0 Å². The Morgan fingerprint density at radius 1 is 1.53 bits per heavy atom. The molecule has 1 aromatic rings. The van der Waals surface area contributed by atoms with Gasteiger partial charge in [-0.15, -0.1) is 0 Å². The highest BCUT2D eigenvalue weighted by Crippen LogP contribution is 2.22. The number of amides is 1. The minimum Gasteiger partial charge on any atom is -0.338 e. The van der Waals surface area contributed by atoms with Crippen molar-refractivity contribution in [3.05, 3.63) is 34.9 Å². The van der Waals surface area contributed by atoms with Crippen LogP contribution in [-0.4, -0.2) is 17.4 Å². The maximum Gasteiger partial charge on any atom is 0.219 e. The van der Waals surface area contributed by atoms with Crippen molar-refractivity contribution in [2.45, 2.75) is 26.4 Å². The largest absolute Gasteiger partial charge is 0.338 e. The van der Waals surface area contributed by atoms with Crippen molar-refractivity contribution in [2.24, 2.45) is 5.73 Å². The fourth-order valence-corrected chi connectivity index (χ4v) is 2.11. The third-order valence-corrected chi connectivity index (χ3v) is 3.04. The zero-order chi connectivity index (χ0) is 10.8. The Hall–Kier alpha value is -1.35. The summed E-state index contributed by atoms with van der Waals surface area (Å²) in [5.74, 6) is 0.146. The first-order valence-electron chi connectivity index (χ1n) is 5.27. The summed E-state index contributed by atoms with van der Waals surface area (Å²) in [6, 6.07) is 6.22. The Morgan fingerprint density at radius 3 is 3.00 bits per heavy atom. The molecule has 2 N–H and O–H groups in total. The molecule has 1 aliphatic heterocycles. The summed E-state index contributed by atoms with van der Waals surface area (Å²) in [6.45, 7) is 3.72. The molecule has 0 aliphatic carbocycles. The topological polar surface area (TPSA) is 46.3 Å². The lowest BCUT2D eigenvalue weighted by Crippen LogP contribution is -2.35. The number of rotatable bonds is 1. The van der Waals surface area contributed by atoms with Crippen LogP contribution in [0.15, 0.2) is 18.2 Å². The van der Waals surface area contributed by atoms with E-state index in [9.17, 15) is 4.79 Å². The molecule has 0 radical (unpaired) electrons. The standard InChI is InChI=1S/C12H16N2O/c1-9(15)14-6-5-10-3-2-4-11(7-13)12(10)8-14/h2-4H,5-8,13H2,1H3. The van der Waals surface area contributed by atoms with Gasteiger partial charge in [0.15, 0.2) is 0 Å². The molecule has 15 heavy (non-hydrogen) atoms. The quantitative estimate of drug-likeness (QED) is 0.743. The minimum absolute atomic E-state index is 0.146. The van der Waals surface area contributed by atoms with Gasteiger partial charge in [-0.25, -0.2) is 0 Å². The van der Waals surface area contributed by atoms with E-state index in [0.29, 0.717) is 6.54 Å². The van der Waals surface area contributed by atoms with Crippen LogP contribution in [0.5, 0.6) is 0 Å². The summed E-state index contributed by atoms with van der Waals surface area (Å²) < 4.78 is 0. The van der Waals surface area contributed by atoms with Crippen LogP contribution in [0.1, 0.15) is 23.6 Å². The smallest absolute Gasteiger partial charge is 0.219 e. The van der Waals surface area contributed by atoms with Crippen molar-refractivity contribution in [1.29, 1.82) is 0 Å². The second-order valence-electron chi connectivity index (χ2n) is 3.95. The molecule has 2 rings (SSSR count). The monoisotopic (exact) mass is 204 g/mol. The molecule has 1 aromatic carbocycles. The molecule has 80 valence electrons. The molecular formula is C12H16N2O. The fraction of sp³-hybridized carbons (Fsp3) is 0.417. The number of hydrogen-bond donors (Lipinski definition) is 1. The van der Waals surface area contributed by atoms with Crippen LogP contribution in [0.2, 0.25) is 0 Å². The van der Waals surface area contributed by atoms with Gasteiger partial charge in [-0.3, -0.25) is 4.79 Å². The van der Waals surface area contributed by atoms with Crippen molar-refractivity contribution in [2.75, 3.05) is 6.54 Å². The van der Waals surface area contributed by atoms with Gasteiger partial charge >= 0.3 is 0 Å². The number of nitrogens with two attached hydrogens (primary N) is 1. The highest BCUT2D eigenvalue weighted by molar-refractivity contribution is 5.73. The number of benzene rings is 1. The number of fused-ring (bicyclic) bond motifs is 1. The molecule has 3 nitrogen and oxygen atoms in total. The SMILES string of the molecule is CC(=O)N1CCc2cccc(CN)c2C1. The van der Waals surface area contributed by atoms with Crippen LogP contribution in [-0.2, 0) is 24.3 Å². The van der Waals surface area contributed by atoms with Gasteiger partial charge in [0, 0.05) is 26.6 Å². The Labute approximate surface area is 89.9 Å². The molecule has 0 atom stereocenters. The van der Waals surface area contributed by atoms with Gasteiger partial charge in [-0.1, -0.05) is 18.2 Å². The zero-order valence-electron chi connectivity index (χ0n) is 8.99. The zero-order valence-corrected chi connectivity index (χ0v) is 8.99. The molecule has 1 amide bonds. The Balaban J connectivity index is 2.34. The van der Waals surface area contributed by atoms with Crippen molar-refractivity contribution < 1.29 is 4.79 Å². The summed E-state index contributed by atoms with van der Waals surface area (Å²) in [6.07, 6.45) is 0.947. The Kier molecular flexibility index (Phi) is 2.73. The molecule has 0 aromatic heterocycles. The summed E-state index contributed by atoms with van der Waals surface area (Å²) in [5.41, 5.74) is 9.45. The molecule has 0 fully saturated rings. The van der Waals surface area contributed by atoms with Gasteiger partial charge in [0.25, 0.3) is 0 Å². The van der Waals surface area contributed by atoms with E-state index in [0.717, 1.165) is 19.5 Å². The molecule has 0 bridgehead atoms. The van der Waals surface area contributed by atoms with Crippen LogP contribution in [0.25, 0.3) is 0 Å². The molecule has 3 heteroatoms. The van der Waals surface area contributed by atoms with Gasteiger partial charge in [0.2, 0.25) is 5.91 Å². The first-order chi connectivity index (χ1) is 7.22. The van der Waals surface area contributed by atoms with Crippen LogP contribution < -0.4 is 5.73 Å². The van der Waals surface area contributed by atoms with Crippen LogP contribution in [0, 0.1) is 0 Å². The predicted octanol–water partition coefficient (Wildman–Crippen LogP) is 1.05. The van der Waals surface area contributed by atoms with E-state index >= 15 is 0 Å².